The van der Waals surface area contributed by atoms with Crippen molar-refractivity contribution in [1.82, 2.24) is 9.88 Å². The second-order valence-corrected chi connectivity index (χ2v) is 7.31. The molecule has 4 nitrogen and oxygen atoms in total. The number of nitrogens with zero attached hydrogens (tertiary/aromatic N) is 2. The van der Waals surface area contributed by atoms with Gasteiger partial charge in [-0.1, -0.05) is 42.5 Å². The third-order valence-corrected chi connectivity index (χ3v) is 5.58. The zero-order valence-corrected chi connectivity index (χ0v) is 15.4. The minimum atomic E-state index is 0.0135. The molecule has 0 N–H and O–H groups in total. The number of carbonyl (C=O) groups excluding carboxylic acids is 1. The van der Waals surface area contributed by atoms with Crippen LogP contribution < -0.4 is 4.74 Å². The third kappa shape index (κ3) is 3.35. The van der Waals surface area contributed by atoms with E-state index in [1.807, 2.05) is 46.7 Å². The van der Waals surface area contributed by atoms with E-state index in [1.54, 1.807) is 18.4 Å². The van der Waals surface area contributed by atoms with Crippen LogP contribution in [0, 0.1) is 0 Å². The molecule has 1 saturated heterocycles. The van der Waals surface area contributed by atoms with Gasteiger partial charge in [-0.3, -0.25) is 4.79 Å². The Balaban J connectivity index is 1.47. The number of rotatable bonds is 5. The molecule has 1 aliphatic heterocycles. The van der Waals surface area contributed by atoms with Crippen LogP contribution in [0.4, 0.5) is 0 Å². The van der Waals surface area contributed by atoms with Gasteiger partial charge in [0.25, 0.3) is 5.91 Å². The quantitative estimate of drug-likeness (QED) is 0.677. The zero-order chi connectivity index (χ0) is 17.9. The number of hydrogen-bond donors (Lipinski definition) is 0. The molecular formula is C21H20N2O2S. The minimum Gasteiger partial charge on any atom is -0.497 e. The van der Waals surface area contributed by atoms with Crippen molar-refractivity contribution in [3.8, 4) is 5.75 Å². The van der Waals surface area contributed by atoms with Gasteiger partial charge in [0.15, 0.2) is 0 Å². The lowest BCUT2D eigenvalue weighted by molar-refractivity contribution is 0.0454. The van der Waals surface area contributed by atoms with Crippen LogP contribution in [-0.2, 0) is 6.42 Å². The molecule has 26 heavy (non-hydrogen) atoms. The fraction of sp³-hybridized carbons (Fsp3) is 0.238. The van der Waals surface area contributed by atoms with Crippen molar-refractivity contribution in [1.29, 1.82) is 0 Å². The Morgan fingerprint density at radius 3 is 2.81 bits per heavy atom. The first-order chi connectivity index (χ1) is 12.7. The van der Waals surface area contributed by atoms with Crippen molar-refractivity contribution in [2.75, 3.05) is 13.7 Å². The van der Waals surface area contributed by atoms with Gasteiger partial charge >= 0.3 is 0 Å². The third-order valence-electron chi connectivity index (χ3n) is 4.73. The number of ether oxygens (including phenoxy) is 1. The van der Waals surface area contributed by atoms with Gasteiger partial charge in [-0.25, -0.2) is 4.98 Å². The molecular weight excluding hydrogens is 344 g/mol. The molecule has 1 fully saturated rings. The van der Waals surface area contributed by atoms with Gasteiger partial charge in [-0.2, -0.15) is 0 Å². The van der Waals surface area contributed by atoms with E-state index in [1.165, 1.54) is 5.56 Å². The SMILES string of the molecule is COc1cccc(C2CCN2C(=O)c2csc(Cc3ccccc3)n2)c1. The number of benzene rings is 2. The monoisotopic (exact) mass is 364 g/mol. The van der Waals surface area contributed by atoms with Crippen LogP contribution in [-0.4, -0.2) is 29.4 Å². The lowest BCUT2D eigenvalue weighted by Crippen LogP contribution is -2.45. The van der Waals surface area contributed by atoms with Gasteiger partial charge in [-0.05, 0) is 29.7 Å². The van der Waals surface area contributed by atoms with E-state index in [9.17, 15) is 4.79 Å². The molecule has 0 radical (unpaired) electrons. The van der Waals surface area contributed by atoms with Crippen LogP contribution in [0.25, 0.3) is 0 Å². The normalized spacial score (nSPS) is 16.2. The van der Waals surface area contributed by atoms with Crippen LogP contribution in [0.2, 0.25) is 0 Å². The predicted octanol–water partition coefficient (Wildman–Crippen LogP) is 4.33. The first-order valence-electron chi connectivity index (χ1n) is 8.68. The summed E-state index contributed by atoms with van der Waals surface area (Å²) in [6.45, 7) is 0.770. The number of thiazole rings is 1. The summed E-state index contributed by atoms with van der Waals surface area (Å²) in [6, 6.07) is 18.3. The average Bonchev–Trinajstić information content (AvgIpc) is 3.10. The van der Waals surface area contributed by atoms with Crippen LogP contribution in [0.15, 0.2) is 60.0 Å². The van der Waals surface area contributed by atoms with Gasteiger partial charge < -0.3 is 9.64 Å². The second kappa shape index (κ2) is 7.30. The Hall–Kier alpha value is -2.66. The standard InChI is InChI=1S/C21H20N2O2S/c1-25-17-9-5-8-16(13-17)19-10-11-23(19)21(24)18-14-26-20(22-18)12-15-6-3-2-4-7-15/h2-9,13-14,19H,10-12H2,1H3. The average molecular weight is 364 g/mol. The molecule has 2 aromatic carbocycles. The molecule has 0 aliphatic carbocycles. The summed E-state index contributed by atoms with van der Waals surface area (Å²) in [5.74, 6) is 0.834. The van der Waals surface area contributed by atoms with Crippen molar-refractivity contribution in [2.45, 2.75) is 18.9 Å². The molecule has 1 aromatic heterocycles. The Labute approximate surface area is 157 Å². The van der Waals surface area contributed by atoms with Gasteiger partial charge in [0.2, 0.25) is 0 Å². The fourth-order valence-electron chi connectivity index (χ4n) is 3.23. The number of hydrogen-bond acceptors (Lipinski definition) is 4. The molecule has 2 heterocycles. The largest absolute Gasteiger partial charge is 0.497 e. The summed E-state index contributed by atoms with van der Waals surface area (Å²) >= 11 is 1.55. The highest BCUT2D eigenvalue weighted by molar-refractivity contribution is 7.09. The van der Waals surface area contributed by atoms with Crippen molar-refractivity contribution < 1.29 is 9.53 Å². The summed E-state index contributed by atoms with van der Waals surface area (Å²) in [7, 11) is 1.66. The smallest absolute Gasteiger partial charge is 0.273 e. The molecule has 0 saturated carbocycles. The molecule has 1 unspecified atom stereocenters. The lowest BCUT2D eigenvalue weighted by atomic mass is 9.94. The van der Waals surface area contributed by atoms with Crippen LogP contribution in [0.5, 0.6) is 5.75 Å². The maximum Gasteiger partial charge on any atom is 0.273 e. The maximum atomic E-state index is 12.9. The van der Waals surface area contributed by atoms with E-state index in [4.69, 9.17) is 4.74 Å². The lowest BCUT2D eigenvalue weighted by Gasteiger charge is -2.41. The highest BCUT2D eigenvalue weighted by Gasteiger charge is 2.35. The topological polar surface area (TPSA) is 42.4 Å². The number of likely N-dealkylation sites (tertiary alicyclic amines) is 1. The zero-order valence-electron chi connectivity index (χ0n) is 14.6. The van der Waals surface area contributed by atoms with Crippen molar-refractivity contribution in [3.63, 3.8) is 0 Å². The first kappa shape index (κ1) is 16.8. The molecule has 1 atom stereocenters. The van der Waals surface area contributed by atoms with Gasteiger partial charge in [-0.15, -0.1) is 11.3 Å². The highest BCUT2D eigenvalue weighted by Crippen LogP contribution is 2.36. The molecule has 5 heteroatoms. The summed E-state index contributed by atoms with van der Waals surface area (Å²) in [6.07, 6.45) is 1.73. The Morgan fingerprint density at radius 1 is 1.23 bits per heavy atom. The van der Waals surface area contributed by atoms with Gasteiger partial charge in [0.05, 0.1) is 18.2 Å². The number of aromatic nitrogens is 1. The second-order valence-electron chi connectivity index (χ2n) is 6.37. The van der Waals surface area contributed by atoms with E-state index >= 15 is 0 Å². The van der Waals surface area contributed by atoms with Gasteiger partial charge in [0.1, 0.15) is 11.4 Å². The van der Waals surface area contributed by atoms with Crippen molar-refractivity contribution >= 4 is 17.2 Å². The van der Waals surface area contributed by atoms with Crippen molar-refractivity contribution in [2.24, 2.45) is 0 Å². The van der Waals surface area contributed by atoms with Crippen LogP contribution in [0.1, 0.15) is 39.1 Å². The first-order valence-corrected chi connectivity index (χ1v) is 9.56. The van der Waals surface area contributed by atoms with Gasteiger partial charge in [0, 0.05) is 18.3 Å². The molecule has 0 bridgehead atoms. The van der Waals surface area contributed by atoms with E-state index in [0.717, 1.165) is 35.7 Å². The molecule has 1 aliphatic rings. The summed E-state index contributed by atoms with van der Waals surface area (Å²) in [5.41, 5.74) is 2.87. The number of methoxy groups -OCH3 is 1. The Bertz CT molecular complexity index is 907. The Kier molecular flexibility index (Phi) is 4.71. The molecule has 4 rings (SSSR count). The van der Waals surface area contributed by atoms with Crippen molar-refractivity contribution in [3.05, 3.63) is 81.8 Å². The number of amides is 1. The summed E-state index contributed by atoms with van der Waals surface area (Å²) in [5, 5.41) is 2.85. The van der Waals surface area contributed by atoms with E-state index in [2.05, 4.69) is 23.2 Å². The molecule has 0 spiro atoms. The molecule has 3 aromatic rings. The van der Waals surface area contributed by atoms with E-state index in [-0.39, 0.29) is 11.9 Å². The fourth-order valence-corrected chi connectivity index (χ4v) is 4.04. The number of carbonyl (C=O) groups is 1. The van der Waals surface area contributed by atoms with Crippen LogP contribution in [0.3, 0.4) is 0 Å². The Morgan fingerprint density at radius 2 is 2.08 bits per heavy atom. The van der Waals surface area contributed by atoms with Crippen LogP contribution >= 0.6 is 11.3 Å². The minimum absolute atomic E-state index is 0.0135. The maximum absolute atomic E-state index is 12.9. The van der Waals surface area contributed by atoms with E-state index in [0.29, 0.717) is 5.69 Å². The summed E-state index contributed by atoms with van der Waals surface area (Å²) < 4.78 is 5.30. The molecule has 1 amide bonds. The predicted molar refractivity (Wildman–Crippen MR) is 103 cm³/mol. The molecule has 132 valence electrons. The highest BCUT2D eigenvalue weighted by atomic mass is 32.1. The van der Waals surface area contributed by atoms with E-state index < -0.39 is 0 Å². The summed E-state index contributed by atoms with van der Waals surface area (Å²) in [4.78, 5) is 19.3.